The standard InChI is InChI=1S/C32H41N3O5S/c1-8-28(31(37)33-32(4,5)6)34(21-25-15-13-16-26(20-25)40-7)30(36)22-35(29-19-12-14-23(2)24(29)3)41(38,39)27-17-10-9-11-18-27/h9-20,28H,8,21-22H2,1-7H3,(H,33,37). The van der Waals surface area contributed by atoms with E-state index < -0.39 is 34.1 Å². The molecule has 41 heavy (non-hydrogen) atoms. The SMILES string of the molecule is CCC(C(=O)NC(C)(C)C)N(Cc1cccc(OC)c1)C(=O)CN(c1cccc(C)c1C)S(=O)(=O)c1ccccc1. The van der Waals surface area contributed by atoms with Gasteiger partial charge < -0.3 is 15.0 Å². The molecule has 0 aliphatic carbocycles. The summed E-state index contributed by atoms with van der Waals surface area (Å²) in [5.41, 5.74) is 2.29. The molecule has 0 aromatic heterocycles. The van der Waals surface area contributed by atoms with Gasteiger partial charge in [0, 0.05) is 12.1 Å². The van der Waals surface area contributed by atoms with Crippen molar-refractivity contribution in [3.05, 3.63) is 89.5 Å². The molecule has 0 heterocycles. The normalized spacial score (nSPS) is 12.4. The molecule has 0 spiro atoms. The maximum absolute atomic E-state index is 14.2. The zero-order valence-electron chi connectivity index (χ0n) is 25.0. The molecule has 8 nitrogen and oxygen atoms in total. The summed E-state index contributed by atoms with van der Waals surface area (Å²) in [6, 6.07) is 19.9. The summed E-state index contributed by atoms with van der Waals surface area (Å²) in [5, 5.41) is 2.98. The molecule has 0 bridgehead atoms. The van der Waals surface area contributed by atoms with Crippen LogP contribution >= 0.6 is 0 Å². The number of rotatable bonds is 11. The molecule has 1 N–H and O–H groups in total. The number of amides is 2. The third kappa shape index (κ3) is 7.88. The van der Waals surface area contributed by atoms with Gasteiger partial charge in [-0.2, -0.15) is 0 Å². The molecule has 0 saturated carbocycles. The van der Waals surface area contributed by atoms with Gasteiger partial charge in [0.25, 0.3) is 10.0 Å². The summed E-state index contributed by atoms with van der Waals surface area (Å²) < 4.78 is 34.6. The first kappa shape index (κ1) is 31.7. The fourth-order valence-electron chi connectivity index (χ4n) is 4.58. The number of aryl methyl sites for hydroxylation is 1. The Morgan fingerprint density at radius 1 is 0.951 bits per heavy atom. The van der Waals surface area contributed by atoms with Gasteiger partial charge in [-0.3, -0.25) is 13.9 Å². The summed E-state index contributed by atoms with van der Waals surface area (Å²) in [4.78, 5) is 29.2. The number of nitrogens with zero attached hydrogens (tertiary/aromatic N) is 2. The van der Waals surface area contributed by atoms with Crippen LogP contribution in [0.5, 0.6) is 5.75 Å². The molecule has 3 aromatic rings. The first-order valence-corrected chi connectivity index (χ1v) is 15.1. The molecule has 0 saturated heterocycles. The number of nitrogens with one attached hydrogen (secondary N) is 1. The van der Waals surface area contributed by atoms with Gasteiger partial charge in [-0.05, 0) is 88.1 Å². The minimum Gasteiger partial charge on any atom is -0.497 e. The number of anilines is 1. The van der Waals surface area contributed by atoms with E-state index >= 15 is 0 Å². The highest BCUT2D eigenvalue weighted by atomic mass is 32.2. The molecule has 0 fully saturated rings. The molecule has 3 rings (SSSR count). The molecular weight excluding hydrogens is 538 g/mol. The smallest absolute Gasteiger partial charge is 0.264 e. The van der Waals surface area contributed by atoms with Crippen molar-refractivity contribution >= 4 is 27.5 Å². The van der Waals surface area contributed by atoms with E-state index in [0.717, 1.165) is 21.0 Å². The van der Waals surface area contributed by atoms with Crippen LogP contribution in [0.3, 0.4) is 0 Å². The molecule has 2 amide bonds. The predicted molar refractivity (Wildman–Crippen MR) is 162 cm³/mol. The summed E-state index contributed by atoms with van der Waals surface area (Å²) in [6.07, 6.45) is 0.340. The van der Waals surface area contributed by atoms with E-state index in [1.165, 1.54) is 17.0 Å². The van der Waals surface area contributed by atoms with Crippen molar-refractivity contribution in [1.29, 1.82) is 0 Å². The average molecular weight is 580 g/mol. The Kier molecular flexibility index (Phi) is 10.2. The summed E-state index contributed by atoms with van der Waals surface area (Å²) in [7, 11) is -2.56. The van der Waals surface area contributed by atoms with Gasteiger partial charge >= 0.3 is 0 Å². The Morgan fingerprint density at radius 2 is 1.61 bits per heavy atom. The molecular formula is C32H41N3O5S. The lowest BCUT2D eigenvalue weighted by Gasteiger charge is -2.35. The molecule has 0 radical (unpaired) electrons. The minimum absolute atomic E-state index is 0.0746. The van der Waals surface area contributed by atoms with Crippen molar-refractivity contribution in [3.63, 3.8) is 0 Å². The molecule has 9 heteroatoms. The third-order valence-corrected chi connectivity index (χ3v) is 8.60. The van der Waals surface area contributed by atoms with Crippen molar-refractivity contribution in [3.8, 4) is 5.75 Å². The van der Waals surface area contributed by atoms with Gasteiger partial charge in [0.05, 0.1) is 17.7 Å². The fraction of sp³-hybridized carbons (Fsp3) is 0.375. The van der Waals surface area contributed by atoms with Crippen LogP contribution in [-0.4, -0.2) is 50.4 Å². The number of methoxy groups -OCH3 is 1. The van der Waals surface area contributed by atoms with Gasteiger partial charge in [0.15, 0.2) is 0 Å². The van der Waals surface area contributed by atoms with E-state index in [2.05, 4.69) is 5.32 Å². The van der Waals surface area contributed by atoms with Gasteiger partial charge in [0.1, 0.15) is 18.3 Å². The maximum atomic E-state index is 14.2. The van der Waals surface area contributed by atoms with Crippen LogP contribution in [0.4, 0.5) is 5.69 Å². The Balaban J connectivity index is 2.11. The van der Waals surface area contributed by atoms with Crippen LogP contribution < -0.4 is 14.4 Å². The van der Waals surface area contributed by atoms with Crippen LogP contribution in [0.25, 0.3) is 0 Å². The number of hydrogen-bond acceptors (Lipinski definition) is 5. The van der Waals surface area contributed by atoms with E-state index in [9.17, 15) is 18.0 Å². The highest BCUT2D eigenvalue weighted by molar-refractivity contribution is 7.92. The van der Waals surface area contributed by atoms with Gasteiger partial charge in [-0.1, -0.05) is 49.4 Å². The quantitative estimate of drug-likeness (QED) is 0.336. The van der Waals surface area contributed by atoms with E-state index in [1.54, 1.807) is 49.6 Å². The number of carbonyl (C=O) groups is 2. The van der Waals surface area contributed by atoms with Crippen molar-refractivity contribution in [1.82, 2.24) is 10.2 Å². The van der Waals surface area contributed by atoms with Crippen molar-refractivity contribution < 1.29 is 22.7 Å². The maximum Gasteiger partial charge on any atom is 0.264 e. The highest BCUT2D eigenvalue weighted by Gasteiger charge is 2.35. The zero-order valence-corrected chi connectivity index (χ0v) is 25.8. The summed E-state index contributed by atoms with van der Waals surface area (Å²) in [5.74, 6) is -0.185. The molecule has 220 valence electrons. The first-order chi connectivity index (χ1) is 19.3. The minimum atomic E-state index is -4.12. The third-order valence-electron chi connectivity index (χ3n) is 6.83. The average Bonchev–Trinajstić information content (AvgIpc) is 2.92. The topological polar surface area (TPSA) is 96.0 Å². The molecule has 3 aromatic carbocycles. The fourth-order valence-corrected chi connectivity index (χ4v) is 6.07. The lowest BCUT2D eigenvalue weighted by molar-refractivity contribution is -0.141. The van der Waals surface area contributed by atoms with Gasteiger partial charge in [-0.25, -0.2) is 8.42 Å². The second kappa shape index (κ2) is 13.2. The Morgan fingerprint density at radius 3 is 2.22 bits per heavy atom. The van der Waals surface area contributed by atoms with Crippen molar-refractivity contribution in [2.75, 3.05) is 18.0 Å². The van der Waals surface area contributed by atoms with Crippen LogP contribution in [-0.2, 0) is 26.2 Å². The first-order valence-electron chi connectivity index (χ1n) is 13.7. The largest absolute Gasteiger partial charge is 0.497 e. The lowest BCUT2D eigenvalue weighted by atomic mass is 10.1. The number of benzene rings is 3. The van der Waals surface area contributed by atoms with Crippen LogP contribution in [0.15, 0.2) is 77.7 Å². The lowest BCUT2D eigenvalue weighted by Crippen LogP contribution is -2.55. The van der Waals surface area contributed by atoms with Crippen molar-refractivity contribution in [2.45, 2.75) is 71.0 Å². The second-order valence-electron chi connectivity index (χ2n) is 11.1. The van der Waals surface area contributed by atoms with E-state index in [-0.39, 0.29) is 17.3 Å². The number of ether oxygens (including phenoxy) is 1. The molecule has 0 aliphatic rings. The summed E-state index contributed by atoms with van der Waals surface area (Å²) in [6.45, 7) is 10.8. The predicted octanol–water partition coefficient (Wildman–Crippen LogP) is 5.23. The Labute approximate surface area is 244 Å². The molecule has 1 unspecified atom stereocenters. The van der Waals surface area contributed by atoms with Crippen LogP contribution in [0.1, 0.15) is 50.8 Å². The van der Waals surface area contributed by atoms with E-state index in [1.807, 2.05) is 59.7 Å². The van der Waals surface area contributed by atoms with Crippen molar-refractivity contribution in [2.24, 2.45) is 0 Å². The number of hydrogen-bond donors (Lipinski definition) is 1. The monoisotopic (exact) mass is 579 g/mol. The summed E-state index contributed by atoms with van der Waals surface area (Å²) >= 11 is 0. The molecule has 1 atom stereocenters. The van der Waals surface area contributed by atoms with Crippen LogP contribution in [0.2, 0.25) is 0 Å². The number of sulfonamides is 1. The van der Waals surface area contributed by atoms with Gasteiger partial charge in [0.2, 0.25) is 11.8 Å². The highest BCUT2D eigenvalue weighted by Crippen LogP contribution is 2.29. The Bertz CT molecular complexity index is 1470. The second-order valence-corrected chi connectivity index (χ2v) is 12.9. The number of carbonyl (C=O) groups excluding carboxylic acids is 2. The van der Waals surface area contributed by atoms with E-state index in [4.69, 9.17) is 4.74 Å². The Hall–Kier alpha value is -3.85. The van der Waals surface area contributed by atoms with Gasteiger partial charge in [-0.15, -0.1) is 0 Å². The van der Waals surface area contributed by atoms with E-state index in [0.29, 0.717) is 17.9 Å². The van der Waals surface area contributed by atoms with Crippen LogP contribution in [0, 0.1) is 13.8 Å². The molecule has 0 aliphatic heterocycles. The zero-order chi connectivity index (χ0) is 30.4.